The van der Waals surface area contributed by atoms with Crippen LogP contribution in [0.1, 0.15) is 16.1 Å². The number of pyridine rings is 2. The number of carbonyl (C=O) groups is 1. The van der Waals surface area contributed by atoms with Crippen molar-refractivity contribution >= 4 is 5.97 Å². The molecule has 0 unspecified atom stereocenters. The van der Waals surface area contributed by atoms with Crippen LogP contribution in [0, 0.1) is 6.92 Å². The van der Waals surface area contributed by atoms with Gasteiger partial charge in [-0.05, 0) is 25.1 Å². The zero-order chi connectivity index (χ0) is 13.1. The van der Waals surface area contributed by atoms with Crippen molar-refractivity contribution < 1.29 is 14.6 Å². The van der Waals surface area contributed by atoms with Crippen LogP contribution >= 0.6 is 0 Å². The number of hydrogen-bond acceptors (Lipinski definition) is 4. The highest BCUT2D eigenvalue weighted by atomic mass is 16.5. The molecule has 0 fully saturated rings. The monoisotopic (exact) mass is 244 g/mol. The fraction of sp³-hybridized carbons (Fsp3) is 0.154. The summed E-state index contributed by atoms with van der Waals surface area (Å²) in [4.78, 5) is 19.5. The van der Waals surface area contributed by atoms with Crippen LogP contribution in [0.3, 0.4) is 0 Å². The van der Waals surface area contributed by atoms with E-state index < -0.39 is 5.97 Å². The third kappa shape index (κ3) is 2.15. The summed E-state index contributed by atoms with van der Waals surface area (Å²) in [6.45, 7) is 1.74. The Kier molecular flexibility index (Phi) is 3.23. The second kappa shape index (κ2) is 4.83. The minimum Gasteiger partial charge on any atom is -0.494 e. The Hall–Kier alpha value is -2.43. The molecule has 2 heterocycles. The van der Waals surface area contributed by atoms with Gasteiger partial charge >= 0.3 is 5.97 Å². The van der Waals surface area contributed by atoms with Gasteiger partial charge in [0.25, 0.3) is 0 Å². The van der Waals surface area contributed by atoms with E-state index in [1.54, 1.807) is 25.4 Å². The number of nitrogens with zero attached hydrogens (tertiary/aromatic N) is 2. The fourth-order valence-corrected chi connectivity index (χ4v) is 1.73. The fourth-order valence-electron chi connectivity index (χ4n) is 1.73. The molecule has 0 amide bonds. The van der Waals surface area contributed by atoms with E-state index in [1.165, 1.54) is 13.2 Å². The van der Waals surface area contributed by atoms with Crippen LogP contribution in [0.2, 0.25) is 0 Å². The number of aromatic carboxylic acids is 1. The zero-order valence-corrected chi connectivity index (χ0v) is 10.0. The number of carboxylic acid groups (broad SMARTS) is 1. The van der Waals surface area contributed by atoms with Gasteiger partial charge in [0, 0.05) is 23.7 Å². The molecule has 2 aromatic heterocycles. The number of aromatic nitrogens is 2. The molecule has 2 rings (SSSR count). The molecule has 92 valence electrons. The largest absolute Gasteiger partial charge is 0.494 e. The normalized spacial score (nSPS) is 10.1. The third-order valence-electron chi connectivity index (χ3n) is 2.47. The smallest absolute Gasteiger partial charge is 0.339 e. The van der Waals surface area contributed by atoms with Crippen LogP contribution in [0.15, 0.2) is 30.6 Å². The van der Waals surface area contributed by atoms with E-state index in [2.05, 4.69) is 9.97 Å². The van der Waals surface area contributed by atoms with Crippen LogP contribution in [0.4, 0.5) is 0 Å². The number of aryl methyl sites for hydroxylation is 1. The van der Waals surface area contributed by atoms with E-state index in [0.29, 0.717) is 11.4 Å². The lowest BCUT2D eigenvalue weighted by molar-refractivity contribution is 0.0693. The van der Waals surface area contributed by atoms with Crippen LogP contribution < -0.4 is 4.74 Å². The van der Waals surface area contributed by atoms with Crippen molar-refractivity contribution in [3.63, 3.8) is 0 Å². The zero-order valence-electron chi connectivity index (χ0n) is 10.0. The third-order valence-corrected chi connectivity index (χ3v) is 2.47. The van der Waals surface area contributed by atoms with E-state index in [9.17, 15) is 4.79 Å². The van der Waals surface area contributed by atoms with E-state index in [-0.39, 0.29) is 11.3 Å². The van der Waals surface area contributed by atoms with Gasteiger partial charge in [0.1, 0.15) is 11.3 Å². The van der Waals surface area contributed by atoms with Crippen LogP contribution in [0.25, 0.3) is 11.3 Å². The minimum absolute atomic E-state index is 0.101. The summed E-state index contributed by atoms with van der Waals surface area (Å²) in [6.07, 6.45) is 3.26. The standard InChI is InChI=1S/C13H12N2O3/c1-8-6-10(13(16)17)12(18-2)11(15-8)9-4-3-5-14-7-9/h3-7H,1-2H3,(H,16,17). The maximum atomic E-state index is 11.2. The first kappa shape index (κ1) is 12.0. The Morgan fingerprint density at radius 2 is 2.22 bits per heavy atom. The predicted molar refractivity (Wildman–Crippen MR) is 65.7 cm³/mol. The second-order valence-corrected chi connectivity index (χ2v) is 3.74. The van der Waals surface area contributed by atoms with E-state index in [4.69, 9.17) is 9.84 Å². The number of rotatable bonds is 3. The Bertz CT molecular complexity index is 582. The summed E-state index contributed by atoms with van der Waals surface area (Å²) in [5, 5.41) is 9.17. The molecule has 5 heteroatoms. The quantitative estimate of drug-likeness (QED) is 0.895. The Balaban J connectivity index is 2.70. The van der Waals surface area contributed by atoms with Gasteiger partial charge < -0.3 is 9.84 Å². The Morgan fingerprint density at radius 3 is 2.78 bits per heavy atom. The van der Waals surface area contributed by atoms with Gasteiger partial charge in [-0.1, -0.05) is 0 Å². The second-order valence-electron chi connectivity index (χ2n) is 3.74. The lowest BCUT2D eigenvalue weighted by Crippen LogP contribution is -2.05. The predicted octanol–water partition coefficient (Wildman–Crippen LogP) is 2.16. The summed E-state index contributed by atoms with van der Waals surface area (Å²) < 4.78 is 5.18. The molecule has 5 nitrogen and oxygen atoms in total. The highest BCUT2D eigenvalue weighted by Crippen LogP contribution is 2.31. The number of methoxy groups -OCH3 is 1. The van der Waals surface area contributed by atoms with Gasteiger partial charge in [0.2, 0.25) is 0 Å². The maximum absolute atomic E-state index is 11.2. The number of carboxylic acids is 1. The first-order chi connectivity index (χ1) is 8.63. The Labute approximate surface area is 104 Å². The van der Waals surface area contributed by atoms with Gasteiger partial charge in [0.05, 0.1) is 7.11 Å². The molecule has 0 spiro atoms. The van der Waals surface area contributed by atoms with E-state index in [0.717, 1.165) is 5.56 Å². The summed E-state index contributed by atoms with van der Waals surface area (Å²) in [5.74, 6) is -0.788. The lowest BCUT2D eigenvalue weighted by atomic mass is 10.1. The van der Waals surface area contributed by atoms with Crippen molar-refractivity contribution in [2.24, 2.45) is 0 Å². The molecule has 2 aromatic rings. The molecule has 0 radical (unpaired) electrons. The molecule has 0 saturated heterocycles. The van der Waals surface area contributed by atoms with Crippen molar-refractivity contribution in [2.75, 3.05) is 7.11 Å². The lowest BCUT2D eigenvalue weighted by Gasteiger charge is -2.11. The van der Waals surface area contributed by atoms with Crippen LogP contribution in [0.5, 0.6) is 5.75 Å². The molecule has 0 aliphatic carbocycles. The van der Waals surface area contributed by atoms with Gasteiger partial charge in [-0.2, -0.15) is 0 Å². The van der Waals surface area contributed by atoms with Gasteiger partial charge in [-0.25, -0.2) is 9.78 Å². The first-order valence-electron chi connectivity index (χ1n) is 5.33. The van der Waals surface area contributed by atoms with Crippen molar-refractivity contribution in [1.82, 2.24) is 9.97 Å². The molecular formula is C13H12N2O3. The van der Waals surface area contributed by atoms with E-state index >= 15 is 0 Å². The number of hydrogen-bond donors (Lipinski definition) is 1. The van der Waals surface area contributed by atoms with Gasteiger partial charge in [-0.3, -0.25) is 4.98 Å². The average molecular weight is 244 g/mol. The van der Waals surface area contributed by atoms with Crippen molar-refractivity contribution in [2.45, 2.75) is 6.92 Å². The molecule has 0 atom stereocenters. The molecule has 0 saturated carbocycles. The highest BCUT2D eigenvalue weighted by Gasteiger charge is 2.18. The minimum atomic E-state index is -1.04. The molecule has 1 N–H and O–H groups in total. The molecule has 0 bridgehead atoms. The molecule has 18 heavy (non-hydrogen) atoms. The first-order valence-corrected chi connectivity index (χ1v) is 5.33. The topological polar surface area (TPSA) is 72.3 Å². The molecule has 0 aliphatic heterocycles. The van der Waals surface area contributed by atoms with Crippen molar-refractivity contribution in [1.29, 1.82) is 0 Å². The van der Waals surface area contributed by atoms with E-state index in [1.807, 2.05) is 6.07 Å². The summed E-state index contributed by atoms with van der Waals surface area (Å²) >= 11 is 0. The average Bonchev–Trinajstić information content (AvgIpc) is 2.38. The SMILES string of the molecule is COc1c(C(=O)O)cc(C)nc1-c1cccnc1. The van der Waals surface area contributed by atoms with Gasteiger partial charge in [0.15, 0.2) is 5.75 Å². The molecular weight excluding hydrogens is 232 g/mol. The summed E-state index contributed by atoms with van der Waals surface area (Å²) in [6, 6.07) is 5.06. The van der Waals surface area contributed by atoms with Crippen molar-refractivity contribution in [3.05, 3.63) is 41.9 Å². The molecule has 0 aliphatic rings. The van der Waals surface area contributed by atoms with Gasteiger partial charge in [-0.15, -0.1) is 0 Å². The highest BCUT2D eigenvalue weighted by molar-refractivity contribution is 5.93. The number of ether oxygens (including phenoxy) is 1. The Morgan fingerprint density at radius 1 is 1.44 bits per heavy atom. The van der Waals surface area contributed by atoms with Crippen LogP contribution in [-0.4, -0.2) is 28.2 Å². The maximum Gasteiger partial charge on any atom is 0.339 e. The summed E-state index contributed by atoms with van der Waals surface area (Å²) in [5.41, 5.74) is 1.93. The molecule has 0 aromatic carbocycles. The van der Waals surface area contributed by atoms with Crippen LogP contribution in [-0.2, 0) is 0 Å². The summed E-state index contributed by atoms with van der Waals surface area (Å²) in [7, 11) is 1.43. The van der Waals surface area contributed by atoms with Crippen molar-refractivity contribution in [3.8, 4) is 17.0 Å².